The number of rotatable bonds is 4. The summed E-state index contributed by atoms with van der Waals surface area (Å²) in [6.45, 7) is 1.79. The van der Waals surface area contributed by atoms with E-state index in [2.05, 4.69) is 63.3 Å². The van der Waals surface area contributed by atoms with Crippen molar-refractivity contribution in [1.82, 2.24) is 9.97 Å². The van der Waals surface area contributed by atoms with Crippen molar-refractivity contribution in [3.63, 3.8) is 0 Å². The van der Waals surface area contributed by atoms with Crippen molar-refractivity contribution in [2.45, 2.75) is 19.4 Å². The van der Waals surface area contributed by atoms with Gasteiger partial charge in [0.25, 0.3) is 0 Å². The number of para-hydroxylation sites is 1. The molecule has 0 saturated heterocycles. The van der Waals surface area contributed by atoms with Crippen LogP contribution in [-0.2, 0) is 13.0 Å². The van der Waals surface area contributed by atoms with E-state index in [0.29, 0.717) is 0 Å². The summed E-state index contributed by atoms with van der Waals surface area (Å²) in [4.78, 5) is 13.7. The number of hydrogen-bond acceptors (Lipinski definition) is 4. The molecule has 0 aliphatic carbocycles. The van der Waals surface area contributed by atoms with Crippen molar-refractivity contribution in [3.05, 3.63) is 78.0 Å². The summed E-state index contributed by atoms with van der Waals surface area (Å²) in [5.74, 6) is 1.72. The molecule has 1 aliphatic rings. The summed E-state index contributed by atoms with van der Waals surface area (Å²) in [7, 11) is 2.04. The fraction of sp³-hybridized carbons (Fsp3) is 0.238. The molecule has 0 radical (unpaired) electrons. The van der Waals surface area contributed by atoms with E-state index in [1.165, 1.54) is 16.8 Å². The van der Waals surface area contributed by atoms with Crippen molar-refractivity contribution in [3.8, 4) is 0 Å². The lowest BCUT2D eigenvalue weighted by atomic mass is 10.0. The van der Waals surface area contributed by atoms with Crippen LogP contribution >= 0.6 is 0 Å². The highest BCUT2D eigenvalue weighted by atomic mass is 15.3. The Balaban J connectivity index is 1.60. The molecule has 4 heteroatoms. The molecule has 0 spiro atoms. The summed E-state index contributed by atoms with van der Waals surface area (Å²) in [6, 6.07) is 21.0. The molecule has 0 bridgehead atoms. The second-order valence-electron chi connectivity index (χ2n) is 6.44. The van der Waals surface area contributed by atoms with Crippen molar-refractivity contribution in [2.24, 2.45) is 0 Å². The summed E-state index contributed by atoms with van der Waals surface area (Å²) in [5, 5.41) is 0. The fourth-order valence-electron chi connectivity index (χ4n) is 3.37. The quantitative estimate of drug-likeness (QED) is 0.718. The minimum Gasteiger partial charge on any atom is -0.339 e. The molecule has 0 atom stereocenters. The van der Waals surface area contributed by atoms with Crippen LogP contribution in [0.25, 0.3) is 0 Å². The smallest absolute Gasteiger partial charge is 0.227 e. The van der Waals surface area contributed by atoms with Gasteiger partial charge in [-0.15, -0.1) is 0 Å². The van der Waals surface area contributed by atoms with Crippen LogP contribution in [0.5, 0.6) is 0 Å². The Kier molecular flexibility index (Phi) is 4.34. The highest BCUT2D eigenvalue weighted by Crippen LogP contribution is 2.32. The van der Waals surface area contributed by atoms with Crippen LogP contribution in [0.1, 0.15) is 17.5 Å². The van der Waals surface area contributed by atoms with E-state index in [1.807, 2.05) is 25.4 Å². The van der Waals surface area contributed by atoms with Gasteiger partial charge in [-0.1, -0.05) is 48.5 Å². The van der Waals surface area contributed by atoms with Crippen LogP contribution in [0.15, 0.2) is 66.9 Å². The number of anilines is 3. The van der Waals surface area contributed by atoms with Gasteiger partial charge >= 0.3 is 0 Å². The van der Waals surface area contributed by atoms with Crippen LogP contribution in [-0.4, -0.2) is 23.6 Å². The second kappa shape index (κ2) is 6.93. The first kappa shape index (κ1) is 15.6. The molecule has 0 saturated carbocycles. The van der Waals surface area contributed by atoms with Crippen LogP contribution in [0, 0.1) is 0 Å². The number of benzene rings is 2. The van der Waals surface area contributed by atoms with E-state index in [1.54, 1.807) is 0 Å². The minimum atomic E-state index is 0.754. The minimum absolute atomic E-state index is 0.754. The third-order valence-corrected chi connectivity index (χ3v) is 4.62. The Morgan fingerprint density at radius 3 is 2.68 bits per heavy atom. The maximum Gasteiger partial charge on any atom is 0.227 e. The van der Waals surface area contributed by atoms with Crippen molar-refractivity contribution < 1.29 is 0 Å². The number of aryl methyl sites for hydroxylation is 1. The zero-order chi connectivity index (χ0) is 17.1. The normalized spacial score (nSPS) is 13.4. The molecular weight excluding hydrogens is 308 g/mol. The van der Waals surface area contributed by atoms with Gasteiger partial charge in [-0.3, -0.25) is 0 Å². The number of hydrogen-bond donors (Lipinski definition) is 0. The molecular formula is C21H22N4. The predicted molar refractivity (Wildman–Crippen MR) is 102 cm³/mol. The fourth-order valence-corrected chi connectivity index (χ4v) is 3.37. The maximum atomic E-state index is 4.83. The molecule has 25 heavy (non-hydrogen) atoms. The Bertz CT molecular complexity index is 847. The van der Waals surface area contributed by atoms with Gasteiger partial charge in [0.1, 0.15) is 5.82 Å². The average molecular weight is 330 g/mol. The zero-order valence-corrected chi connectivity index (χ0v) is 14.5. The Morgan fingerprint density at radius 1 is 1.00 bits per heavy atom. The third kappa shape index (κ3) is 3.33. The number of fused-ring (bicyclic) bond motifs is 1. The van der Waals surface area contributed by atoms with Gasteiger partial charge in [-0.25, -0.2) is 4.98 Å². The second-order valence-corrected chi connectivity index (χ2v) is 6.44. The zero-order valence-electron chi connectivity index (χ0n) is 14.5. The first-order chi connectivity index (χ1) is 12.3. The molecule has 2 aromatic carbocycles. The molecule has 1 aliphatic heterocycles. The molecule has 4 rings (SSSR count). The average Bonchev–Trinajstić information content (AvgIpc) is 2.68. The lowest BCUT2D eigenvalue weighted by Gasteiger charge is -2.30. The van der Waals surface area contributed by atoms with Crippen LogP contribution < -0.4 is 9.80 Å². The molecule has 4 nitrogen and oxygen atoms in total. The lowest BCUT2D eigenvalue weighted by Crippen LogP contribution is -2.26. The molecule has 0 N–H and O–H groups in total. The third-order valence-electron chi connectivity index (χ3n) is 4.62. The molecule has 1 aromatic heterocycles. The molecule has 2 heterocycles. The van der Waals surface area contributed by atoms with Gasteiger partial charge in [-0.2, -0.15) is 4.98 Å². The first-order valence-corrected chi connectivity index (χ1v) is 8.75. The van der Waals surface area contributed by atoms with Crippen LogP contribution in [0.4, 0.5) is 17.5 Å². The highest BCUT2D eigenvalue weighted by Gasteiger charge is 2.19. The van der Waals surface area contributed by atoms with Crippen molar-refractivity contribution in [2.75, 3.05) is 23.4 Å². The van der Waals surface area contributed by atoms with E-state index in [9.17, 15) is 0 Å². The summed E-state index contributed by atoms with van der Waals surface area (Å²) >= 11 is 0. The Labute approximate surface area is 148 Å². The topological polar surface area (TPSA) is 32.3 Å². The molecule has 0 unspecified atom stereocenters. The van der Waals surface area contributed by atoms with Gasteiger partial charge in [0.15, 0.2) is 0 Å². The van der Waals surface area contributed by atoms with Gasteiger partial charge in [0.2, 0.25) is 5.95 Å². The molecule has 0 amide bonds. The SMILES string of the molecule is CN(Cc1ccccc1)c1nccc(N2CCCc3ccccc32)n1. The van der Waals surface area contributed by atoms with Gasteiger partial charge < -0.3 is 9.80 Å². The van der Waals surface area contributed by atoms with E-state index in [0.717, 1.165) is 37.7 Å². The van der Waals surface area contributed by atoms with Gasteiger partial charge in [-0.05, 0) is 36.1 Å². The number of nitrogens with zero attached hydrogens (tertiary/aromatic N) is 4. The van der Waals surface area contributed by atoms with E-state index in [-0.39, 0.29) is 0 Å². The Morgan fingerprint density at radius 2 is 1.80 bits per heavy atom. The monoisotopic (exact) mass is 330 g/mol. The van der Waals surface area contributed by atoms with E-state index in [4.69, 9.17) is 4.98 Å². The standard InChI is InChI=1S/C21H22N4/c1-24(16-17-8-3-2-4-9-17)21-22-14-13-20(23-21)25-15-7-11-18-10-5-6-12-19(18)25/h2-6,8-10,12-14H,7,11,15-16H2,1H3. The number of aromatic nitrogens is 2. The van der Waals surface area contributed by atoms with E-state index >= 15 is 0 Å². The van der Waals surface area contributed by atoms with E-state index < -0.39 is 0 Å². The summed E-state index contributed by atoms with van der Waals surface area (Å²) in [6.07, 6.45) is 4.14. The molecule has 0 fully saturated rings. The predicted octanol–water partition coefficient (Wildman–Crippen LogP) is 4.20. The molecule has 126 valence electrons. The van der Waals surface area contributed by atoms with Gasteiger partial charge in [0.05, 0.1) is 0 Å². The van der Waals surface area contributed by atoms with Crippen molar-refractivity contribution >= 4 is 17.5 Å². The largest absolute Gasteiger partial charge is 0.339 e. The molecule has 3 aromatic rings. The van der Waals surface area contributed by atoms with Crippen LogP contribution in [0.3, 0.4) is 0 Å². The summed E-state index contributed by atoms with van der Waals surface area (Å²) in [5.41, 5.74) is 3.91. The Hall–Kier alpha value is -2.88. The van der Waals surface area contributed by atoms with Gasteiger partial charge in [0, 0.05) is 32.0 Å². The lowest BCUT2D eigenvalue weighted by molar-refractivity contribution is 0.755. The summed E-state index contributed by atoms with van der Waals surface area (Å²) < 4.78 is 0. The van der Waals surface area contributed by atoms with Crippen molar-refractivity contribution in [1.29, 1.82) is 0 Å². The maximum absolute atomic E-state index is 4.83. The first-order valence-electron chi connectivity index (χ1n) is 8.75. The highest BCUT2D eigenvalue weighted by molar-refractivity contribution is 5.65. The van der Waals surface area contributed by atoms with Crippen LogP contribution in [0.2, 0.25) is 0 Å².